The molecule has 0 amide bonds. The highest BCUT2D eigenvalue weighted by Crippen LogP contribution is 2.38. The maximum absolute atomic E-state index is 6.32. The number of anilines is 2. The molecule has 2 aromatic heterocycles. The molecule has 0 N–H and O–H groups in total. The summed E-state index contributed by atoms with van der Waals surface area (Å²) in [5, 5.41) is 3.35. The SMILES string of the molecule is COc1cccc2sc(N3CCN(c4nc5c(Cl)ccc(Cl)c5s4)CC3)nc12. The standard InChI is InChI=1S/C19H16Cl2N4OS2/c1-26-13-3-2-4-14-16(13)23-18(27-14)24-7-9-25(10-8-24)19-22-15-11(20)5-6-12(21)17(15)28-19/h2-6H,7-10H2,1H3. The van der Waals surface area contributed by atoms with E-state index in [4.69, 9.17) is 37.9 Å². The average Bonchev–Trinajstić information content (AvgIpc) is 3.36. The van der Waals surface area contributed by atoms with Crippen molar-refractivity contribution in [2.45, 2.75) is 0 Å². The van der Waals surface area contributed by atoms with Crippen molar-refractivity contribution in [3.63, 3.8) is 0 Å². The van der Waals surface area contributed by atoms with Crippen LogP contribution in [0.3, 0.4) is 0 Å². The average molecular weight is 451 g/mol. The number of benzene rings is 2. The third kappa shape index (κ3) is 3.06. The number of fused-ring (bicyclic) bond motifs is 2. The first-order valence-corrected chi connectivity index (χ1v) is 11.2. The van der Waals surface area contributed by atoms with Crippen LogP contribution >= 0.6 is 45.9 Å². The maximum Gasteiger partial charge on any atom is 0.186 e. The van der Waals surface area contributed by atoms with Gasteiger partial charge in [-0.2, -0.15) is 0 Å². The molecule has 1 aliphatic rings. The number of rotatable bonds is 3. The molecular formula is C19H16Cl2N4OS2. The molecule has 0 spiro atoms. The van der Waals surface area contributed by atoms with Crippen molar-refractivity contribution in [1.29, 1.82) is 0 Å². The zero-order valence-electron chi connectivity index (χ0n) is 15.0. The van der Waals surface area contributed by atoms with Crippen LogP contribution in [-0.2, 0) is 0 Å². The Hall–Kier alpha value is -1.80. The lowest BCUT2D eigenvalue weighted by atomic mass is 10.3. The van der Waals surface area contributed by atoms with E-state index in [1.165, 1.54) is 0 Å². The summed E-state index contributed by atoms with van der Waals surface area (Å²) >= 11 is 15.9. The normalized spacial score (nSPS) is 15.0. The number of ether oxygens (including phenoxy) is 1. The van der Waals surface area contributed by atoms with Crippen molar-refractivity contribution >= 4 is 76.6 Å². The van der Waals surface area contributed by atoms with Crippen LogP contribution in [0.1, 0.15) is 0 Å². The molecule has 5 rings (SSSR count). The molecule has 2 aromatic carbocycles. The minimum Gasteiger partial charge on any atom is -0.494 e. The monoisotopic (exact) mass is 450 g/mol. The maximum atomic E-state index is 6.32. The summed E-state index contributed by atoms with van der Waals surface area (Å²) in [7, 11) is 1.68. The van der Waals surface area contributed by atoms with Crippen LogP contribution in [0.15, 0.2) is 30.3 Å². The number of hydrogen-bond donors (Lipinski definition) is 0. The molecule has 1 fully saturated rings. The summed E-state index contributed by atoms with van der Waals surface area (Å²) in [4.78, 5) is 14.2. The summed E-state index contributed by atoms with van der Waals surface area (Å²) in [6.07, 6.45) is 0. The van der Waals surface area contributed by atoms with E-state index < -0.39 is 0 Å². The van der Waals surface area contributed by atoms with E-state index in [9.17, 15) is 0 Å². The first-order chi connectivity index (χ1) is 13.6. The van der Waals surface area contributed by atoms with Crippen LogP contribution in [0.25, 0.3) is 20.4 Å². The predicted octanol–water partition coefficient (Wildman–Crippen LogP) is 5.55. The van der Waals surface area contributed by atoms with E-state index in [2.05, 4.69) is 15.9 Å². The molecule has 0 atom stereocenters. The second-order valence-corrected chi connectivity index (χ2v) is 9.28. The highest BCUT2D eigenvalue weighted by Gasteiger charge is 2.23. The van der Waals surface area contributed by atoms with Crippen LogP contribution < -0.4 is 14.5 Å². The number of para-hydroxylation sites is 1. The van der Waals surface area contributed by atoms with Crippen LogP contribution in [-0.4, -0.2) is 43.3 Å². The first-order valence-electron chi connectivity index (χ1n) is 8.82. The molecule has 4 aromatic rings. The van der Waals surface area contributed by atoms with E-state index >= 15 is 0 Å². The second kappa shape index (κ2) is 7.22. The summed E-state index contributed by atoms with van der Waals surface area (Å²) in [5.41, 5.74) is 1.72. The molecule has 5 nitrogen and oxygen atoms in total. The van der Waals surface area contributed by atoms with Gasteiger partial charge in [0.25, 0.3) is 0 Å². The minimum absolute atomic E-state index is 0.643. The molecule has 0 unspecified atom stereocenters. The molecule has 0 aliphatic carbocycles. The Labute approximate surface area is 180 Å². The molecule has 1 saturated heterocycles. The third-order valence-corrected chi connectivity index (χ3v) is 7.81. The van der Waals surface area contributed by atoms with E-state index in [-0.39, 0.29) is 0 Å². The van der Waals surface area contributed by atoms with E-state index in [0.717, 1.165) is 62.6 Å². The summed E-state index contributed by atoms with van der Waals surface area (Å²) in [5.74, 6) is 0.821. The Kier molecular flexibility index (Phi) is 4.71. The Bertz CT molecular complexity index is 1130. The lowest BCUT2D eigenvalue weighted by molar-refractivity contribution is 0.419. The molecule has 0 radical (unpaired) electrons. The molecule has 144 valence electrons. The number of nitrogens with zero attached hydrogens (tertiary/aromatic N) is 4. The van der Waals surface area contributed by atoms with Gasteiger partial charge in [-0.25, -0.2) is 9.97 Å². The van der Waals surface area contributed by atoms with Crippen LogP contribution in [0.5, 0.6) is 5.75 Å². The fraction of sp³-hybridized carbons (Fsp3) is 0.263. The number of halogens is 2. The largest absolute Gasteiger partial charge is 0.494 e. The molecule has 0 saturated carbocycles. The lowest BCUT2D eigenvalue weighted by Crippen LogP contribution is -2.46. The van der Waals surface area contributed by atoms with E-state index in [1.54, 1.807) is 35.8 Å². The quantitative estimate of drug-likeness (QED) is 0.409. The fourth-order valence-electron chi connectivity index (χ4n) is 3.37. The number of hydrogen-bond acceptors (Lipinski definition) is 7. The van der Waals surface area contributed by atoms with Crippen LogP contribution in [0.2, 0.25) is 10.0 Å². The second-order valence-electron chi connectivity index (χ2n) is 6.48. The summed E-state index contributed by atoms with van der Waals surface area (Å²) in [6, 6.07) is 9.67. The Morgan fingerprint density at radius 2 is 1.50 bits per heavy atom. The molecular weight excluding hydrogens is 435 g/mol. The van der Waals surface area contributed by atoms with Crippen molar-refractivity contribution in [2.24, 2.45) is 0 Å². The number of thiazole rings is 2. The van der Waals surface area contributed by atoms with Crippen LogP contribution in [0.4, 0.5) is 10.3 Å². The van der Waals surface area contributed by atoms with Gasteiger partial charge in [0.1, 0.15) is 16.8 Å². The van der Waals surface area contributed by atoms with Gasteiger partial charge in [-0.05, 0) is 24.3 Å². The topological polar surface area (TPSA) is 41.5 Å². The molecule has 9 heteroatoms. The van der Waals surface area contributed by atoms with Crippen LogP contribution in [0, 0.1) is 0 Å². The first kappa shape index (κ1) is 18.2. The molecule has 0 bridgehead atoms. The number of aromatic nitrogens is 2. The molecule has 28 heavy (non-hydrogen) atoms. The van der Waals surface area contributed by atoms with E-state index in [1.807, 2.05) is 18.2 Å². The molecule has 1 aliphatic heterocycles. The third-order valence-electron chi connectivity index (χ3n) is 4.85. The minimum atomic E-state index is 0.643. The molecule has 3 heterocycles. The lowest BCUT2D eigenvalue weighted by Gasteiger charge is -2.34. The van der Waals surface area contributed by atoms with Crippen molar-refractivity contribution < 1.29 is 4.74 Å². The fourth-order valence-corrected chi connectivity index (χ4v) is 5.98. The Morgan fingerprint density at radius 1 is 0.857 bits per heavy atom. The van der Waals surface area contributed by atoms with Gasteiger partial charge in [0, 0.05) is 26.2 Å². The van der Waals surface area contributed by atoms with Gasteiger partial charge in [-0.15, -0.1) is 0 Å². The predicted molar refractivity (Wildman–Crippen MR) is 120 cm³/mol. The van der Waals surface area contributed by atoms with Crippen molar-refractivity contribution in [3.05, 3.63) is 40.4 Å². The van der Waals surface area contributed by atoms with Gasteiger partial charge < -0.3 is 14.5 Å². The highest BCUT2D eigenvalue weighted by molar-refractivity contribution is 7.23. The summed E-state index contributed by atoms with van der Waals surface area (Å²) in [6.45, 7) is 3.53. The zero-order chi connectivity index (χ0) is 19.3. The van der Waals surface area contributed by atoms with Crippen molar-refractivity contribution in [1.82, 2.24) is 9.97 Å². The highest BCUT2D eigenvalue weighted by atomic mass is 35.5. The smallest absolute Gasteiger partial charge is 0.186 e. The van der Waals surface area contributed by atoms with Gasteiger partial charge in [0.2, 0.25) is 0 Å². The van der Waals surface area contributed by atoms with Crippen molar-refractivity contribution in [3.8, 4) is 5.75 Å². The van der Waals surface area contributed by atoms with Gasteiger partial charge in [-0.3, -0.25) is 0 Å². The Morgan fingerprint density at radius 3 is 2.18 bits per heavy atom. The van der Waals surface area contributed by atoms with Gasteiger partial charge >= 0.3 is 0 Å². The number of methoxy groups -OCH3 is 1. The van der Waals surface area contributed by atoms with Gasteiger partial charge in [0.15, 0.2) is 10.3 Å². The van der Waals surface area contributed by atoms with Gasteiger partial charge in [0.05, 0.1) is 26.6 Å². The van der Waals surface area contributed by atoms with E-state index in [0.29, 0.717) is 10.0 Å². The van der Waals surface area contributed by atoms with Gasteiger partial charge in [-0.1, -0.05) is 51.9 Å². The zero-order valence-corrected chi connectivity index (χ0v) is 18.1. The van der Waals surface area contributed by atoms with Crippen molar-refractivity contribution in [2.75, 3.05) is 43.1 Å². The summed E-state index contributed by atoms with van der Waals surface area (Å²) < 4.78 is 7.53. The Balaban J connectivity index is 1.37. The number of piperazine rings is 1.